The first-order chi connectivity index (χ1) is 14.5. The predicted molar refractivity (Wildman–Crippen MR) is 111 cm³/mol. The minimum absolute atomic E-state index is 0.0712. The Hall–Kier alpha value is -3.22. The summed E-state index contributed by atoms with van der Waals surface area (Å²) in [5, 5.41) is 12.3. The van der Waals surface area contributed by atoms with E-state index in [4.69, 9.17) is 9.47 Å². The summed E-state index contributed by atoms with van der Waals surface area (Å²) >= 11 is 0. The molecular formula is C23H26N2O5. The molecule has 2 atom stereocenters. The molecule has 2 N–H and O–H groups in total. The number of carbonyl (C=O) groups excluding carboxylic acids is 1. The van der Waals surface area contributed by atoms with Crippen molar-refractivity contribution in [1.82, 2.24) is 10.2 Å². The first kappa shape index (κ1) is 20.1. The summed E-state index contributed by atoms with van der Waals surface area (Å²) < 4.78 is 11.4. The van der Waals surface area contributed by atoms with Crippen molar-refractivity contribution in [3.05, 3.63) is 59.2 Å². The molecule has 2 amide bonds. The average molecular weight is 410 g/mol. The summed E-state index contributed by atoms with van der Waals surface area (Å²) in [5.74, 6) is 1.73. The van der Waals surface area contributed by atoms with Crippen molar-refractivity contribution in [3.63, 3.8) is 0 Å². The maximum Gasteiger partial charge on any atom is 0.407 e. The maximum absolute atomic E-state index is 11.9. The number of rotatable bonds is 5. The molecule has 7 heteroatoms. The summed E-state index contributed by atoms with van der Waals surface area (Å²) in [4.78, 5) is 24.9. The Kier molecular flexibility index (Phi) is 5.79. The molecule has 1 fully saturated rings. The number of benzene rings is 2. The van der Waals surface area contributed by atoms with Crippen LogP contribution in [0.25, 0.3) is 0 Å². The van der Waals surface area contributed by atoms with Gasteiger partial charge in [0, 0.05) is 31.1 Å². The second-order valence-electron chi connectivity index (χ2n) is 7.80. The van der Waals surface area contributed by atoms with Crippen molar-refractivity contribution >= 4 is 12.0 Å². The lowest BCUT2D eigenvalue weighted by atomic mass is 9.83. The average Bonchev–Trinajstić information content (AvgIpc) is 2.99. The van der Waals surface area contributed by atoms with Crippen LogP contribution in [0.15, 0.2) is 42.5 Å². The van der Waals surface area contributed by atoms with E-state index in [1.807, 2.05) is 36.4 Å². The molecule has 0 aromatic heterocycles. The largest absolute Gasteiger partial charge is 0.497 e. The molecule has 4 rings (SSSR count). The zero-order valence-corrected chi connectivity index (χ0v) is 17.0. The maximum atomic E-state index is 11.9. The minimum atomic E-state index is -0.880. The van der Waals surface area contributed by atoms with Crippen LogP contribution in [0.3, 0.4) is 0 Å². The normalized spacial score (nSPS) is 20.8. The van der Waals surface area contributed by atoms with Gasteiger partial charge in [-0.1, -0.05) is 18.2 Å². The molecule has 2 aliphatic rings. The van der Waals surface area contributed by atoms with E-state index in [2.05, 4.69) is 5.32 Å². The lowest BCUT2D eigenvalue weighted by molar-refractivity contribution is 0.0965. The van der Waals surface area contributed by atoms with E-state index in [0.29, 0.717) is 44.0 Å². The van der Waals surface area contributed by atoms with E-state index < -0.39 is 6.09 Å². The zero-order valence-electron chi connectivity index (χ0n) is 17.0. The lowest BCUT2D eigenvalue weighted by Gasteiger charge is -2.25. The third kappa shape index (κ3) is 4.20. The van der Waals surface area contributed by atoms with Gasteiger partial charge in [0.1, 0.15) is 11.5 Å². The standard InChI is InChI=1S/C23H26N2O5/c1-29-18-5-2-15(3-6-18)20-9-11-25(23(27)28)10-8-17(20)14-30-19-7-4-16-13-24-22(26)21(16)12-19/h2-7,12,17,20H,8-11,13-14H2,1H3,(H,24,26)(H,27,28)/t17-,20-/m0/s1. The Bertz CT molecular complexity index is 928. The number of carbonyl (C=O) groups is 2. The molecule has 1 saturated heterocycles. The number of carboxylic acid groups (broad SMARTS) is 1. The highest BCUT2D eigenvalue weighted by Gasteiger charge is 2.30. The summed E-state index contributed by atoms with van der Waals surface area (Å²) in [6, 6.07) is 13.6. The van der Waals surface area contributed by atoms with Crippen LogP contribution in [0.4, 0.5) is 4.79 Å². The minimum Gasteiger partial charge on any atom is -0.497 e. The molecule has 0 saturated carbocycles. The molecule has 2 aliphatic heterocycles. The van der Waals surface area contributed by atoms with E-state index >= 15 is 0 Å². The van der Waals surface area contributed by atoms with Gasteiger partial charge in [-0.15, -0.1) is 0 Å². The zero-order chi connectivity index (χ0) is 21.1. The Morgan fingerprint density at radius 3 is 2.60 bits per heavy atom. The van der Waals surface area contributed by atoms with Crippen LogP contribution in [0.2, 0.25) is 0 Å². The molecule has 0 aliphatic carbocycles. The Labute approximate surface area is 175 Å². The Morgan fingerprint density at radius 1 is 1.13 bits per heavy atom. The van der Waals surface area contributed by atoms with Crippen LogP contribution in [0, 0.1) is 5.92 Å². The first-order valence-electron chi connectivity index (χ1n) is 10.2. The van der Waals surface area contributed by atoms with E-state index in [0.717, 1.165) is 23.3 Å². The summed E-state index contributed by atoms with van der Waals surface area (Å²) in [5.41, 5.74) is 2.80. The molecule has 158 valence electrons. The second-order valence-corrected chi connectivity index (χ2v) is 7.80. The molecule has 7 nitrogen and oxygen atoms in total. The highest BCUT2D eigenvalue weighted by Crippen LogP contribution is 2.35. The van der Waals surface area contributed by atoms with Crippen molar-refractivity contribution in [2.75, 3.05) is 26.8 Å². The van der Waals surface area contributed by atoms with E-state index in [9.17, 15) is 14.7 Å². The smallest absolute Gasteiger partial charge is 0.407 e. The Morgan fingerprint density at radius 2 is 1.87 bits per heavy atom. The van der Waals surface area contributed by atoms with Crippen molar-refractivity contribution in [2.24, 2.45) is 5.92 Å². The molecule has 0 spiro atoms. The number of hydrogen-bond donors (Lipinski definition) is 2. The fraction of sp³-hybridized carbons (Fsp3) is 0.391. The van der Waals surface area contributed by atoms with Gasteiger partial charge in [0.2, 0.25) is 0 Å². The van der Waals surface area contributed by atoms with Crippen LogP contribution in [0.5, 0.6) is 11.5 Å². The van der Waals surface area contributed by atoms with Gasteiger partial charge < -0.3 is 24.8 Å². The third-order valence-electron chi connectivity index (χ3n) is 6.09. The SMILES string of the molecule is COc1ccc([C@@H]2CCN(C(=O)O)CC[C@H]2COc2ccc3c(c2)C(=O)NC3)cc1. The fourth-order valence-electron chi connectivity index (χ4n) is 4.33. The predicted octanol–water partition coefficient (Wildman–Crippen LogP) is 3.49. The van der Waals surface area contributed by atoms with E-state index in [1.165, 1.54) is 4.90 Å². The van der Waals surface area contributed by atoms with Crippen molar-refractivity contribution in [2.45, 2.75) is 25.3 Å². The molecule has 2 heterocycles. The van der Waals surface area contributed by atoms with Crippen molar-refractivity contribution in [1.29, 1.82) is 0 Å². The number of nitrogens with one attached hydrogen (secondary N) is 1. The number of fused-ring (bicyclic) bond motifs is 1. The number of ether oxygens (including phenoxy) is 2. The molecule has 0 unspecified atom stereocenters. The van der Waals surface area contributed by atoms with Gasteiger partial charge in [0.05, 0.1) is 13.7 Å². The van der Waals surface area contributed by atoms with E-state index in [-0.39, 0.29) is 17.7 Å². The molecular weight excluding hydrogens is 384 g/mol. The summed E-state index contributed by atoms with van der Waals surface area (Å²) in [6.07, 6.45) is 0.572. The molecule has 30 heavy (non-hydrogen) atoms. The van der Waals surface area contributed by atoms with Crippen LogP contribution in [0.1, 0.15) is 40.2 Å². The van der Waals surface area contributed by atoms with Crippen molar-refractivity contribution < 1.29 is 24.2 Å². The third-order valence-corrected chi connectivity index (χ3v) is 6.09. The quantitative estimate of drug-likeness (QED) is 0.788. The van der Waals surface area contributed by atoms with Gasteiger partial charge in [-0.05, 0) is 54.2 Å². The monoisotopic (exact) mass is 410 g/mol. The molecule has 2 aromatic carbocycles. The summed E-state index contributed by atoms with van der Waals surface area (Å²) in [6.45, 7) is 2.01. The number of amides is 2. The molecule has 0 radical (unpaired) electrons. The molecule has 0 bridgehead atoms. The fourth-order valence-corrected chi connectivity index (χ4v) is 4.33. The highest BCUT2D eigenvalue weighted by molar-refractivity contribution is 5.98. The molecule has 2 aromatic rings. The van der Waals surface area contributed by atoms with Gasteiger partial charge in [0.15, 0.2) is 0 Å². The van der Waals surface area contributed by atoms with Crippen molar-refractivity contribution in [3.8, 4) is 11.5 Å². The topological polar surface area (TPSA) is 88.1 Å². The Balaban J connectivity index is 1.52. The number of nitrogens with zero attached hydrogens (tertiary/aromatic N) is 1. The van der Waals surface area contributed by atoms with E-state index in [1.54, 1.807) is 13.2 Å². The number of methoxy groups -OCH3 is 1. The highest BCUT2D eigenvalue weighted by atomic mass is 16.5. The van der Waals surface area contributed by atoms with Crippen LogP contribution >= 0.6 is 0 Å². The van der Waals surface area contributed by atoms with Gasteiger partial charge in [0.25, 0.3) is 5.91 Å². The van der Waals surface area contributed by atoms with Gasteiger partial charge >= 0.3 is 6.09 Å². The van der Waals surface area contributed by atoms with Crippen LogP contribution in [-0.2, 0) is 6.54 Å². The first-order valence-corrected chi connectivity index (χ1v) is 10.2. The van der Waals surface area contributed by atoms with Crippen LogP contribution in [-0.4, -0.2) is 48.8 Å². The van der Waals surface area contributed by atoms with Gasteiger partial charge in [-0.3, -0.25) is 4.79 Å². The summed E-state index contributed by atoms with van der Waals surface area (Å²) in [7, 11) is 1.64. The van der Waals surface area contributed by atoms with Crippen LogP contribution < -0.4 is 14.8 Å². The van der Waals surface area contributed by atoms with Gasteiger partial charge in [-0.2, -0.15) is 0 Å². The second kappa shape index (κ2) is 8.65. The number of likely N-dealkylation sites (tertiary alicyclic amines) is 1. The number of hydrogen-bond acceptors (Lipinski definition) is 4. The van der Waals surface area contributed by atoms with Gasteiger partial charge in [-0.25, -0.2) is 4.79 Å². The lowest BCUT2D eigenvalue weighted by Crippen LogP contribution is -2.30.